The number of rotatable bonds is 1. The van der Waals surface area contributed by atoms with Crippen molar-refractivity contribution in [2.24, 2.45) is 0 Å². The van der Waals surface area contributed by atoms with Crippen LogP contribution in [0.1, 0.15) is 5.56 Å². The summed E-state index contributed by atoms with van der Waals surface area (Å²) in [7, 11) is 0. The third-order valence-electron chi connectivity index (χ3n) is 1.63. The predicted molar refractivity (Wildman–Crippen MR) is 55.1 cm³/mol. The molecule has 0 aliphatic heterocycles. The topological polar surface area (TPSA) is 26.0 Å². The first kappa shape index (κ1) is 8.94. The SMILES string of the molecule is CSc1ccc(Br)c(C)c1N. The molecule has 0 bridgehead atoms. The van der Waals surface area contributed by atoms with Crippen molar-refractivity contribution in [3.05, 3.63) is 22.2 Å². The second-order valence-electron chi connectivity index (χ2n) is 2.29. The van der Waals surface area contributed by atoms with Crippen molar-refractivity contribution < 1.29 is 0 Å². The molecular weight excluding hydrogens is 222 g/mol. The molecule has 0 unspecified atom stereocenters. The summed E-state index contributed by atoms with van der Waals surface area (Å²) >= 11 is 5.09. The molecule has 0 aromatic heterocycles. The van der Waals surface area contributed by atoms with Crippen molar-refractivity contribution in [1.29, 1.82) is 0 Å². The molecule has 0 heterocycles. The quantitative estimate of drug-likeness (QED) is 0.594. The van der Waals surface area contributed by atoms with Gasteiger partial charge >= 0.3 is 0 Å². The van der Waals surface area contributed by atoms with Crippen molar-refractivity contribution >= 4 is 33.4 Å². The number of hydrogen-bond donors (Lipinski definition) is 1. The Hall–Kier alpha value is -0.150. The van der Waals surface area contributed by atoms with Gasteiger partial charge in [-0.05, 0) is 30.9 Å². The van der Waals surface area contributed by atoms with E-state index < -0.39 is 0 Å². The van der Waals surface area contributed by atoms with E-state index in [9.17, 15) is 0 Å². The lowest BCUT2D eigenvalue weighted by Crippen LogP contribution is -1.92. The van der Waals surface area contributed by atoms with Gasteiger partial charge in [0.2, 0.25) is 0 Å². The first-order valence-electron chi connectivity index (χ1n) is 3.25. The fourth-order valence-electron chi connectivity index (χ4n) is 0.855. The number of nitrogens with two attached hydrogens (primary N) is 1. The summed E-state index contributed by atoms with van der Waals surface area (Å²) in [6.45, 7) is 2.01. The van der Waals surface area contributed by atoms with Crippen molar-refractivity contribution in [2.75, 3.05) is 12.0 Å². The molecule has 11 heavy (non-hydrogen) atoms. The molecule has 0 aliphatic rings. The normalized spacial score (nSPS) is 10.1. The molecule has 0 spiro atoms. The Balaban J connectivity index is 3.25. The first-order valence-corrected chi connectivity index (χ1v) is 5.27. The average molecular weight is 232 g/mol. The van der Waals surface area contributed by atoms with E-state index in [-0.39, 0.29) is 0 Å². The molecule has 0 aliphatic carbocycles. The Bertz CT molecular complexity index is 273. The van der Waals surface area contributed by atoms with Crippen LogP contribution in [0, 0.1) is 6.92 Å². The lowest BCUT2D eigenvalue weighted by atomic mass is 10.2. The van der Waals surface area contributed by atoms with Gasteiger partial charge in [-0.15, -0.1) is 11.8 Å². The molecule has 0 fully saturated rings. The third-order valence-corrected chi connectivity index (χ3v) is 3.28. The van der Waals surface area contributed by atoms with Gasteiger partial charge in [-0.25, -0.2) is 0 Å². The third kappa shape index (κ3) is 1.71. The zero-order chi connectivity index (χ0) is 8.43. The number of nitrogen functional groups attached to an aromatic ring is 1. The summed E-state index contributed by atoms with van der Waals surface area (Å²) in [5.74, 6) is 0. The van der Waals surface area contributed by atoms with E-state index in [1.807, 2.05) is 25.3 Å². The summed E-state index contributed by atoms with van der Waals surface area (Å²) in [6, 6.07) is 4.05. The van der Waals surface area contributed by atoms with Gasteiger partial charge in [0.25, 0.3) is 0 Å². The minimum Gasteiger partial charge on any atom is -0.398 e. The highest BCUT2D eigenvalue weighted by Gasteiger charge is 2.02. The van der Waals surface area contributed by atoms with Gasteiger partial charge in [-0.2, -0.15) is 0 Å². The first-order chi connectivity index (χ1) is 5.16. The Morgan fingerprint density at radius 2 is 2.09 bits per heavy atom. The summed E-state index contributed by atoms with van der Waals surface area (Å²) in [5.41, 5.74) is 7.85. The number of anilines is 1. The number of benzene rings is 1. The molecule has 60 valence electrons. The van der Waals surface area contributed by atoms with Crippen LogP contribution >= 0.6 is 27.7 Å². The highest BCUT2D eigenvalue weighted by molar-refractivity contribution is 9.10. The van der Waals surface area contributed by atoms with Crippen LogP contribution in [0.2, 0.25) is 0 Å². The molecule has 1 aromatic rings. The predicted octanol–water partition coefficient (Wildman–Crippen LogP) is 3.06. The fraction of sp³-hybridized carbons (Fsp3) is 0.250. The van der Waals surface area contributed by atoms with E-state index in [4.69, 9.17) is 5.73 Å². The number of hydrogen-bond acceptors (Lipinski definition) is 2. The van der Waals surface area contributed by atoms with Gasteiger partial charge in [0, 0.05) is 15.1 Å². The maximum atomic E-state index is 5.84. The standard InChI is InChI=1S/C8H10BrNS/c1-5-6(9)3-4-7(11-2)8(5)10/h3-4H,10H2,1-2H3. The largest absolute Gasteiger partial charge is 0.398 e. The molecule has 3 heteroatoms. The van der Waals surface area contributed by atoms with E-state index in [1.54, 1.807) is 11.8 Å². The summed E-state index contributed by atoms with van der Waals surface area (Å²) < 4.78 is 1.08. The molecule has 1 aromatic carbocycles. The molecule has 2 N–H and O–H groups in total. The maximum Gasteiger partial charge on any atom is 0.0493 e. The van der Waals surface area contributed by atoms with Gasteiger partial charge in [0.05, 0.1) is 0 Å². The number of thioether (sulfide) groups is 1. The molecule has 0 atom stereocenters. The summed E-state index contributed by atoms with van der Waals surface area (Å²) in [4.78, 5) is 1.14. The minimum absolute atomic E-state index is 0.881. The molecule has 0 amide bonds. The molecule has 1 rings (SSSR count). The van der Waals surface area contributed by atoms with Crippen molar-refractivity contribution in [3.63, 3.8) is 0 Å². The second kappa shape index (κ2) is 3.50. The maximum absolute atomic E-state index is 5.84. The van der Waals surface area contributed by atoms with Gasteiger partial charge in [0.15, 0.2) is 0 Å². The fourth-order valence-corrected chi connectivity index (χ4v) is 1.78. The zero-order valence-corrected chi connectivity index (χ0v) is 8.92. The molecule has 0 radical (unpaired) electrons. The van der Waals surface area contributed by atoms with E-state index >= 15 is 0 Å². The molecule has 0 saturated carbocycles. The highest BCUT2D eigenvalue weighted by atomic mass is 79.9. The zero-order valence-electron chi connectivity index (χ0n) is 6.52. The van der Waals surface area contributed by atoms with Crippen LogP contribution in [0.3, 0.4) is 0 Å². The van der Waals surface area contributed by atoms with E-state index in [1.165, 1.54) is 0 Å². The monoisotopic (exact) mass is 231 g/mol. The Labute approximate surface area is 79.5 Å². The van der Waals surface area contributed by atoms with Crippen LogP contribution in [0.25, 0.3) is 0 Å². The molecular formula is C8H10BrNS. The summed E-state index contributed by atoms with van der Waals surface area (Å²) in [6.07, 6.45) is 2.03. The minimum atomic E-state index is 0.881. The Morgan fingerprint density at radius 3 is 2.64 bits per heavy atom. The Morgan fingerprint density at radius 1 is 1.45 bits per heavy atom. The Kier molecular flexibility index (Phi) is 2.84. The van der Waals surface area contributed by atoms with Crippen LogP contribution in [0.5, 0.6) is 0 Å². The van der Waals surface area contributed by atoms with Crippen LogP contribution in [-0.2, 0) is 0 Å². The lowest BCUT2D eigenvalue weighted by Gasteiger charge is -2.06. The van der Waals surface area contributed by atoms with Crippen molar-refractivity contribution in [3.8, 4) is 0 Å². The van der Waals surface area contributed by atoms with Gasteiger partial charge in [-0.3, -0.25) is 0 Å². The van der Waals surface area contributed by atoms with Crippen LogP contribution in [-0.4, -0.2) is 6.26 Å². The number of halogens is 1. The van der Waals surface area contributed by atoms with E-state index in [0.717, 1.165) is 20.6 Å². The van der Waals surface area contributed by atoms with Gasteiger partial charge in [0.1, 0.15) is 0 Å². The lowest BCUT2D eigenvalue weighted by molar-refractivity contribution is 1.34. The van der Waals surface area contributed by atoms with Gasteiger partial charge < -0.3 is 5.73 Å². The van der Waals surface area contributed by atoms with Crippen molar-refractivity contribution in [2.45, 2.75) is 11.8 Å². The average Bonchev–Trinajstić information content (AvgIpc) is 2.01. The smallest absolute Gasteiger partial charge is 0.0493 e. The van der Waals surface area contributed by atoms with Crippen LogP contribution < -0.4 is 5.73 Å². The van der Waals surface area contributed by atoms with Crippen molar-refractivity contribution in [1.82, 2.24) is 0 Å². The van der Waals surface area contributed by atoms with E-state index in [0.29, 0.717) is 0 Å². The summed E-state index contributed by atoms with van der Waals surface area (Å²) in [5, 5.41) is 0. The highest BCUT2D eigenvalue weighted by Crippen LogP contribution is 2.30. The van der Waals surface area contributed by atoms with E-state index in [2.05, 4.69) is 15.9 Å². The van der Waals surface area contributed by atoms with Crippen LogP contribution in [0.4, 0.5) is 5.69 Å². The van der Waals surface area contributed by atoms with Crippen LogP contribution in [0.15, 0.2) is 21.5 Å². The molecule has 0 saturated heterocycles. The molecule has 1 nitrogen and oxygen atoms in total. The van der Waals surface area contributed by atoms with Gasteiger partial charge in [-0.1, -0.05) is 15.9 Å². The second-order valence-corrected chi connectivity index (χ2v) is 3.99.